The van der Waals surface area contributed by atoms with Crippen molar-refractivity contribution in [2.75, 3.05) is 6.54 Å². The Labute approximate surface area is 112 Å². The minimum absolute atomic E-state index is 0.543. The van der Waals surface area contributed by atoms with Gasteiger partial charge in [0, 0.05) is 19.3 Å². The fourth-order valence-corrected chi connectivity index (χ4v) is 1.95. The second-order valence-corrected chi connectivity index (χ2v) is 4.46. The molecule has 0 aliphatic carbocycles. The lowest BCUT2D eigenvalue weighted by Gasteiger charge is -2.19. The first-order chi connectivity index (χ1) is 8.78. The van der Waals surface area contributed by atoms with Crippen LogP contribution in [-0.4, -0.2) is 21.4 Å². The molecule has 94 valence electrons. The van der Waals surface area contributed by atoms with Gasteiger partial charge in [0.2, 0.25) is 0 Å². The second kappa shape index (κ2) is 6.47. The van der Waals surface area contributed by atoms with Gasteiger partial charge in [0.25, 0.3) is 0 Å². The van der Waals surface area contributed by atoms with Crippen molar-refractivity contribution in [3.63, 3.8) is 0 Å². The maximum atomic E-state index is 5.89. The van der Waals surface area contributed by atoms with Crippen molar-refractivity contribution in [2.45, 2.75) is 20.0 Å². The van der Waals surface area contributed by atoms with E-state index >= 15 is 0 Å². The summed E-state index contributed by atoms with van der Waals surface area (Å²) in [6.45, 7) is 4.69. The molecule has 0 radical (unpaired) electrons. The van der Waals surface area contributed by atoms with Gasteiger partial charge in [0.05, 0.1) is 11.4 Å². The van der Waals surface area contributed by atoms with Crippen LogP contribution in [0.25, 0.3) is 0 Å². The lowest BCUT2D eigenvalue weighted by atomic mass is 10.3. The van der Waals surface area contributed by atoms with Crippen molar-refractivity contribution in [3.05, 3.63) is 59.1 Å². The second-order valence-electron chi connectivity index (χ2n) is 4.08. The van der Waals surface area contributed by atoms with E-state index in [1.54, 1.807) is 6.07 Å². The van der Waals surface area contributed by atoms with Gasteiger partial charge in [-0.3, -0.25) is 9.88 Å². The summed E-state index contributed by atoms with van der Waals surface area (Å²) in [7, 11) is 0. The van der Waals surface area contributed by atoms with E-state index in [0.29, 0.717) is 5.15 Å². The molecule has 3 nitrogen and oxygen atoms in total. The zero-order valence-corrected chi connectivity index (χ0v) is 11.1. The highest BCUT2D eigenvalue weighted by Gasteiger charge is 2.06. The number of nitrogens with zero attached hydrogens (tertiary/aromatic N) is 3. The summed E-state index contributed by atoms with van der Waals surface area (Å²) in [6.07, 6.45) is 1.82. The molecule has 2 rings (SSSR count). The minimum Gasteiger partial charge on any atom is -0.292 e. The predicted octanol–water partition coefficient (Wildman–Crippen LogP) is 3.15. The molecular weight excluding hydrogens is 246 g/mol. The molecule has 2 heterocycles. The first-order valence-electron chi connectivity index (χ1n) is 6.01. The Hall–Kier alpha value is -1.45. The molecule has 4 heteroatoms. The number of hydrogen-bond donors (Lipinski definition) is 0. The molecule has 18 heavy (non-hydrogen) atoms. The molecule has 0 aromatic carbocycles. The van der Waals surface area contributed by atoms with Gasteiger partial charge in [0.15, 0.2) is 0 Å². The molecule has 0 aliphatic rings. The number of rotatable bonds is 5. The van der Waals surface area contributed by atoms with Gasteiger partial charge in [-0.1, -0.05) is 30.7 Å². The summed E-state index contributed by atoms with van der Waals surface area (Å²) in [5, 5.41) is 0.543. The number of halogens is 1. The Balaban J connectivity index is 2.01. The molecule has 0 bridgehead atoms. The SMILES string of the molecule is CCN(Cc1ccccn1)Cc1cccc(Cl)n1. The van der Waals surface area contributed by atoms with Crippen LogP contribution in [0.4, 0.5) is 0 Å². The standard InChI is InChI=1S/C14H16ClN3/c1-2-18(10-12-6-3-4-9-16-12)11-13-7-5-8-14(15)17-13/h3-9H,2,10-11H2,1H3. The summed E-state index contributed by atoms with van der Waals surface area (Å²) in [6, 6.07) is 11.7. The Kier molecular flexibility index (Phi) is 4.67. The van der Waals surface area contributed by atoms with Gasteiger partial charge in [-0.15, -0.1) is 0 Å². The van der Waals surface area contributed by atoms with Crippen molar-refractivity contribution in [1.29, 1.82) is 0 Å². The topological polar surface area (TPSA) is 29.0 Å². The first kappa shape index (κ1) is 13.0. The van der Waals surface area contributed by atoms with Crippen molar-refractivity contribution >= 4 is 11.6 Å². The minimum atomic E-state index is 0.543. The summed E-state index contributed by atoms with van der Waals surface area (Å²) in [4.78, 5) is 10.9. The van der Waals surface area contributed by atoms with Crippen LogP contribution >= 0.6 is 11.6 Å². The molecule has 0 aliphatic heterocycles. The largest absolute Gasteiger partial charge is 0.292 e. The van der Waals surface area contributed by atoms with Gasteiger partial charge in [-0.25, -0.2) is 4.98 Å². The summed E-state index contributed by atoms with van der Waals surface area (Å²) < 4.78 is 0. The van der Waals surface area contributed by atoms with Gasteiger partial charge < -0.3 is 0 Å². The Morgan fingerprint density at radius 1 is 1.06 bits per heavy atom. The quantitative estimate of drug-likeness (QED) is 0.775. The Morgan fingerprint density at radius 3 is 2.50 bits per heavy atom. The van der Waals surface area contributed by atoms with E-state index in [1.165, 1.54) is 0 Å². The first-order valence-corrected chi connectivity index (χ1v) is 6.39. The van der Waals surface area contributed by atoms with E-state index in [1.807, 2.05) is 36.5 Å². The summed E-state index contributed by atoms with van der Waals surface area (Å²) in [5.74, 6) is 0. The number of hydrogen-bond acceptors (Lipinski definition) is 3. The third kappa shape index (κ3) is 3.79. The zero-order chi connectivity index (χ0) is 12.8. The zero-order valence-electron chi connectivity index (χ0n) is 10.4. The molecule has 2 aromatic heterocycles. The van der Waals surface area contributed by atoms with Crippen molar-refractivity contribution in [1.82, 2.24) is 14.9 Å². The highest BCUT2D eigenvalue weighted by Crippen LogP contribution is 2.09. The number of pyridine rings is 2. The van der Waals surface area contributed by atoms with Crippen molar-refractivity contribution < 1.29 is 0 Å². The van der Waals surface area contributed by atoms with Crippen LogP contribution in [0.5, 0.6) is 0 Å². The molecule has 0 N–H and O–H groups in total. The number of aromatic nitrogens is 2. The lowest BCUT2D eigenvalue weighted by Crippen LogP contribution is -2.23. The fraction of sp³-hybridized carbons (Fsp3) is 0.286. The van der Waals surface area contributed by atoms with E-state index in [2.05, 4.69) is 21.8 Å². The van der Waals surface area contributed by atoms with Crippen LogP contribution in [0.2, 0.25) is 5.15 Å². The van der Waals surface area contributed by atoms with Crippen LogP contribution in [0.15, 0.2) is 42.6 Å². The Bertz CT molecular complexity index is 487. The van der Waals surface area contributed by atoms with E-state index in [4.69, 9.17) is 11.6 Å². The maximum Gasteiger partial charge on any atom is 0.129 e. The molecule has 0 saturated carbocycles. The van der Waals surface area contributed by atoms with E-state index in [0.717, 1.165) is 31.0 Å². The molecule has 2 aromatic rings. The van der Waals surface area contributed by atoms with Gasteiger partial charge >= 0.3 is 0 Å². The molecule has 0 fully saturated rings. The smallest absolute Gasteiger partial charge is 0.129 e. The third-order valence-corrected chi connectivity index (χ3v) is 2.93. The van der Waals surface area contributed by atoms with Crippen LogP contribution in [0.1, 0.15) is 18.3 Å². The van der Waals surface area contributed by atoms with Crippen LogP contribution in [0, 0.1) is 0 Å². The fourth-order valence-electron chi connectivity index (χ4n) is 1.77. The maximum absolute atomic E-state index is 5.89. The van der Waals surface area contributed by atoms with E-state index in [9.17, 15) is 0 Å². The summed E-state index contributed by atoms with van der Waals surface area (Å²) >= 11 is 5.89. The van der Waals surface area contributed by atoms with Gasteiger partial charge in [0.1, 0.15) is 5.15 Å². The highest BCUT2D eigenvalue weighted by atomic mass is 35.5. The molecule has 0 saturated heterocycles. The molecule has 0 atom stereocenters. The van der Waals surface area contributed by atoms with Crippen molar-refractivity contribution in [2.24, 2.45) is 0 Å². The molecular formula is C14H16ClN3. The third-order valence-electron chi connectivity index (χ3n) is 2.72. The predicted molar refractivity (Wildman–Crippen MR) is 73.3 cm³/mol. The lowest BCUT2D eigenvalue weighted by molar-refractivity contribution is 0.265. The van der Waals surface area contributed by atoms with Crippen molar-refractivity contribution in [3.8, 4) is 0 Å². The summed E-state index contributed by atoms with van der Waals surface area (Å²) in [5.41, 5.74) is 2.06. The molecule has 0 spiro atoms. The normalized spacial score (nSPS) is 10.8. The molecule has 0 amide bonds. The van der Waals surface area contributed by atoms with Gasteiger partial charge in [-0.05, 0) is 30.8 Å². The van der Waals surface area contributed by atoms with Crippen LogP contribution < -0.4 is 0 Å². The monoisotopic (exact) mass is 261 g/mol. The average molecular weight is 262 g/mol. The van der Waals surface area contributed by atoms with E-state index < -0.39 is 0 Å². The van der Waals surface area contributed by atoms with Crippen LogP contribution in [0.3, 0.4) is 0 Å². The van der Waals surface area contributed by atoms with Crippen LogP contribution in [-0.2, 0) is 13.1 Å². The van der Waals surface area contributed by atoms with Gasteiger partial charge in [-0.2, -0.15) is 0 Å². The van der Waals surface area contributed by atoms with E-state index in [-0.39, 0.29) is 0 Å². The highest BCUT2D eigenvalue weighted by molar-refractivity contribution is 6.29. The average Bonchev–Trinajstić information content (AvgIpc) is 2.39. The Morgan fingerprint density at radius 2 is 1.83 bits per heavy atom. The molecule has 0 unspecified atom stereocenters.